The van der Waals surface area contributed by atoms with Gasteiger partial charge in [0.1, 0.15) is 0 Å². The Morgan fingerprint density at radius 2 is 1.89 bits per heavy atom. The summed E-state index contributed by atoms with van der Waals surface area (Å²) in [4.78, 5) is 9.10. The van der Waals surface area contributed by atoms with Crippen LogP contribution in [0.4, 0.5) is 0 Å². The second-order valence-corrected chi connectivity index (χ2v) is 5.35. The predicted octanol–water partition coefficient (Wildman–Crippen LogP) is 3.25. The molecule has 0 unspecified atom stereocenters. The molecule has 0 atom stereocenters. The summed E-state index contributed by atoms with van der Waals surface area (Å²) in [5.74, 6) is 0. The van der Waals surface area contributed by atoms with Crippen molar-refractivity contribution in [1.82, 2.24) is 4.98 Å². The fourth-order valence-corrected chi connectivity index (χ4v) is 2.50. The fraction of sp³-hybridized carbons (Fsp3) is 0.250. The Bertz CT molecular complexity index is 598. The number of nitrogens with zero attached hydrogens (tertiary/aromatic N) is 2. The van der Waals surface area contributed by atoms with Gasteiger partial charge in [-0.3, -0.25) is 9.98 Å². The molecule has 0 saturated carbocycles. The van der Waals surface area contributed by atoms with Gasteiger partial charge in [-0.2, -0.15) is 0 Å². The molecule has 1 aliphatic heterocycles. The van der Waals surface area contributed by atoms with Crippen LogP contribution in [-0.2, 0) is 6.42 Å². The third-order valence-electron chi connectivity index (χ3n) is 3.24. The highest BCUT2D eigenvalue weighted by molar-refractivity contribution is 6.14. The van der Waals surface area contributed by atoms with E-state index in [0.29, 0.717) is 0 Å². The molecule has 0 N–H and O–H groups in total. The molecule has 0 radical (unpaired) electrons. The van der Waals surface area contributed by atoms with Crippen LogP contribution in [0.5, 0.6) is 0 Å². The maximum Gasteiger partial charge on any atom is 0.0743 e. The van der Waals surface area contributed by atoms with Gasteiger partial charge in [0, 0.05) is 23.5 Å². The summed E-state index contributed by atoms with van der Waals surface area (Å²) >= 11 is 0. The van der Waals surface area contributed by atoms with Gasteiger partial charge < -0.3 is 0 Å². The van der Waals surface area contributed by atoms with E-state index in [0.717, 1.165) is 17.7 Å². The molecule has 0 saturated heterocycles. The molecule has 0 amide bonds. The van der Waals surface area contributed by atoms with Gasteiger partial charge in [-0.05, 0) is 38.0 Å². The minimum Gasteiger partial charge on any atom is -0.278 e. The second-order valence-electron chi connectivity index (χ2n) is 5.35. The van der Waals surface area contributed by atoms with Gasteiger partial charge in [0.05, 0.1) is 11.3 Å². The molecule has 2 nitrogen and oxygen atoms in total. The van der Waals surface area contributed by atoms with Gasteiger partial charge in [0.15, 0.2) is 0 Å². The van der Waals surface area contributed by atoms with Gasteiger partial charge >= 0.3 is 0 Å². The van der Waals surface area contributed by atoms with Crippen molar-refractivity contribution in [3.8, 4) is 0 Å². The molecule has 0 aliphatic carbocycles. The Morgan fingerprint density at radius 3 is 2.67 bits per heavy atom. The van der Waals surface area contributed by atoms with Crippen molar-refractivity contribution in [3.05, 3.63) is 65.5 Å². The molecule has 0 spiro atoms. The summed E-state index contributed by atoms with van der Waals surface area (Å²) in [5.41, 5.74) is 4.73. The molecule has 1 aliphatic rings. The van der Waals surface area contributed by atoms with Crippen LogP contribution in [0.3, 0.4) is 0 Å². The smallest absolute Gasteiger partial charge is 0.0743 e. The average molecular weight is 236 g/mol. The van der Waals surface area contributed by atoms with Gasteiger partial charge in [-0.15, -0.1) is 0 Å². The van der Waals surface area contributed by atoms with E-state index in [9.17, 15) is 0 Å². The number of benzene rings is 1. The average Bonchev–Trinajstić information content (AvgIpc) is 2.38. The number of rotatable bonds is 1. The van der Waals surface area contributed by atoms with Crippen molar-refractivity contribution in [2.45, 2.75) is 25.8 Å². The minimum atomic E-state index is -0.0421. The molecule has 1 aromatic heterocycles. The van der Waals surface area contributed by atoms with Crippen LogP contribution in [0.25, 0.3) is 0 Å². The molecule has 0 bridgehead atoms. The molecule has 1 aromatic carbocycles. The van der Waals surface area contributed by atoms with Crippen LogP contribution in [0.2, 0.25) is 0 Å². The fourth-order valence-electron chi connectivity index (χ4n) is 2.50. The predicted molar refractivity (Wildman–Crippen MR) is 74.1 cm³/mol. The lowest BCUT2D eigenvalue weighted by Crippen LogP contribution is -2.29. The van der Waals surface area contributed by atoms with Crippen LogP contribution in [0, 0.1) is 0 Å². The summed E-state index contributed by atoms with van der Waals surface area (Å²) in [7, 11) is 0. The highest BCUT2D eigenvalue weighted by Crippen LogP contribution is 2.28. The maximum absolute atomic E-state index is 4.90. The lowest BCUT2D eigenvalue weighted by atomic mass is 9.85. The molecule has 2 aromatic rings. The van der Waals surface area contributed by atoms with Crippen molar-refractivity contribution in [3.63, 3.8) is 0 Å². The monoisotopic (exact) mass is 236 g/mol. The summed E-state index contributed by atoms with van der Waals surface area (Å²) in [6.45, 7) is 4.36. The quantitative estimate of drug-likeness (QED) is 0.746. The van der Waals surface area contributed by atoms with Crippen LogP contribution in [0.1, 0.15) is 30.5 Å². The minimum absolute atomic E-state index is 0.0421. The maximum atomic E-state index is 4.90. The topological polar surface area (TPSA) is 25.2 Å². The van der Waals surface area contributed by atoms with Gasteiger partial charge in [0.2, 0.25) is 0 Å². The first-order valence-corrected chi connectivity index (χ1v) is 6.24. The first kappa shape index (κ1) is 11.1. The van der Waals surface area contributed by atoms with E-state index in [2.05, 4.69) is 49.2 Å². The number of aromatic nitrogens is 1. The zero-order valence-corrected chi connectivity index (χ0v) is 10.7. The van der Waals surface area contributed by atoms with Crippen molar-refractivity contribution in [2.75, 3.05) is 0 Å². The van der Waals surface area contributed by atoms with E-state index in [1.165, 1.54) is 11.1 Å². The molecule has 0 fully saturated rings. The molecule has 3 rings (SSSR count). The SMILES string of the molecule is CC1(C)Cc2ccccc2C(c2cccnc2)=N1. The third-order valence-corrected chi connectivity index (χ3v) is 3.24. The largest absolute Gasteiger partial charge is 0.278 e. The molecule has 2 heteroatoms. The van der Waals surface area contributed by atoms with Gasteiger partial charge in [-0.25, -0.2) is 0 Å². The zero-order chi connectivity index (χ0) is 12.6. The standard InChI is InChI=1S/C16H16N2/c1-16(2)10-12-6-3-4-8-14(12)15(18-16)13-7-5-9-17-11-13/h3-9,11H,10H2,1-2H3. The van der Waals surface area contributed by atoms with E-state index in [1.54, 1.807) is 6.20 Å². The molecular formula is C16H16N2. The van der Waals surface area contributed by atoms with Crippen molar-refractivity contribution >= 4 is 5.71 Å². The van der Waals surface area contributed by atoms with Crippen molar-refractivity contribution in [2.24, 2.45) is 4.99 Å². The Hall–Kier alpha value is -1.96. The Morgan fingerprint density at radius 1 is 1.06 bits per heavy atom. The van der Waals surface area contributed by atoms with Crippen LogP contribution in [-0.4, -0.2) is 16.2 Å². The second kappa shape index (κ2) is 4.05. The molecule has 2 heterocycles. The molecule has 18 heavy (non-hydrogen) atoms. The first-order chi connectivity index (χ1) is 8.66. The number of hydrogen-bond acceptors (Lipinski definition) is 2. The third kappa shape index (κ3) is 1.94. The van der Waals surface area contributed by atoms with Gasteiger partial charge in [-0.1, -0.05) is 24.3 Å². The van der Waals surface area contributed by atoms with E-state index >= 15 is 0 Å². The van der Waals surface area contributed by atoms with Crippen molar-refractivity contribution in [1.29, 1.82) is 0 Å². The van der Waals surface area contributed by atoms with Crippen LogP contribution >= 0.6 is 0 Å². The van der Waals surface area contributed by atoms with E-state index in [-0.39, 0.29) is 5.54 Å². The molecular weight excluding hydrogens is 220 g/mol. The lowest BCUT2D eigenvalue weighted by Gasteiger charge is -2.29. The highest BCUT2D eigenvalue weighted by Gasteiger charge is 2.26. The summed E-state index contributed by atoms with van der Waals surface area (Å²) in [5, 5.41) is 0. The number of aliphatic imine (C=N–C) groups is 1. The highest BCUT2D eigenvalue weighted by atomic mass is 14.9. The van der Waals surface area contributed by atoms with Crippen LogP contribution in [0.15, 0.2) is 53.8 Å². The number of pyridine rings is 1. The van der Waals surface area contributed by atoms with Crippen LogP contribution < -0.4 is 0 Å². The van der Waals surface area contributed by atoms with E-state index in [1.807, 2.05) is 12.3 Å². The van der Waals surface area contributed by atoms with Gasteiger partial charge in [0.25, 0.3) is 0 Å². The summed E-state index contributed by atoms with van der Waals surface area (Å²) in [6.07, 6.45) is 4.67. The summed E-state index contributed by atoms with van der Waals surface area (Å²) in [6, 6.07) is 12.6. The molecule has 90 valence electrons. The normalized spacial score (nSPS) is 16.9. The first-order valence-electron chi connectivity index (χ1n) is 6.24. The Balaban J connectivity index is 2.20. The Labute approximate surface area is 107 Å². The number of hydrogen-bond donors (Lipinski definition) is 0. The number of fused-ring (bicyclic) bond motifs is 1. The lowest BCUT2D eigenvalue weighted by molar-refractivity contribution is 0.513. The van der Waals surface area contributed by atoms with E-state index < -0.39 is 0 Å². The zero-order valence-electron chi connectivity index (χ0n) is 10.7. The van der Waals surface area contributed by atoms with E-state index in [4.69, 9.17) is 4.99 Å². The Kier molecular flexibility index (Phi) is 2.51. The van der Waals surface area contributed by atoms with Crippen molar-refractivity contribution < 1.29 is 0 Å². The summed E-state index contributed by atoms with van der Waals surface area (Å²) < 4.78 is 0.